The van der Waals surface area contributed by atoms with Gasteiger partial charge in [0.2, 0.25) is 0 Å². The quantitative estimate of drug-likeness (QED) is 0.175. The van der Waals surface area contributed by atoms with Gasteiger partial charge in [0, 0.05) is 22.2 Å². The first kappa shape index (κ1) is 33.6. The van der Waals surface area contributed by atoms with E-state index in [1.807, 2.05) is 48.5 Å². The average molecular weight is 773 g/mol. The van der Waals surface area contributed by atoms with Crippen LogP contribution < -0.4 is 19.3 Å². The number of hydrogen-bond donors (Lipinski definition) is 0. The van der Waals surface area contributed by atoms with Gasteiger partial charge in [-0.25, -0.2) is 0 Å². The summed E-state index contributed by atoms with van der Waals surface area (Å²) < 4.78 is 12.7. The molecule has 4 nitrogen and oxygen atoms in total. The molecular formula is C56H40N2O2. The van der Waals surface area contributed by atoms with Crippen LogP contribution in [0.4, 0.5) is 34.1 Å². The van der Waals surface area contributed by atoms with Crippen molar-refractivity contribution in [2.24, 2.45) is 0 Å². The Hall–Kier alpha value is -7.30. The second-order valence-corrected chi connectivity index (χ2v) is 17.7. The van der Waals surface area contributed by atoms with Gasteiger partial charge < -0.3 is 19.3 Å². The van der Waals surface area contributed by atoms with E-state index in [0.29, 0.717) is 0 Å². The van der Waals surface area contributed by atoms with Gasteiger partial charge in [0.25, 0.3) is 0 Å². The molecule has 13 rings (SSSR count). The molecule has 0 aromatic heterocycles. The number of ether oxygens (including phenoxy) is 2. The van der Waals surface area contributed by atoms with E-state index in [9.17, 15) is 0 Å². The number of benzene rings is 9. The van der Waals surface area contributed by atoms with Gasteiger partial charge in [-0.05, 0) is 145 Å². The molecule has 4 heteroatoms. The molecule has 0 saturated carbocycles. The van der Waals surface area contributed by atoms with Crippen LogP contribution in [0.2, 0.25) is 0 Å². The summed E-state index contributed by atoms with van der Waals surface area (Å²) in [5.74, 6) is 3.45. The van der Waals surface area contributed by atoms with Gasteiger partial charge >= 0.3 is 0 Å². The first-order valence-corrected chi connectivity index (χ1v) is 20.9. The Balaban J connectivity index is 0.922. The van der Waals surface area contributed by atoms with Crippen molar-refractivity contribution in [3.05, 3.63) is 192 Å². The number of rotatable bonds is 2. The number of para-hydroxylation sites is 8. The first-order chi connectivity index (χ1) is 29.3. The first-order valence-electron chi connectivity index (χ1n) is 20.9. The fourth-order valence-electron chi connectivity index (χ4n) is 11.0. The van der Waals surface area contributed by atoms with Gasteiger partial charge in [-0.1, -0.05) is 119 Å². The largest absolute Gasteiger partial charge is 0.453 e. The number of fused-ring (bicyclic) bond motifs is 14. The van der Waals surface area contributed by atoms with Crippen molar-refractivity contribution in [3.63, 3.8) is 0 Å². The Morgan fingerprint density at radius 1 is 0.350 bits per heavy atom. The molecule has 9 aromatic carbocycles. The highest BCUT2D eigenvalue weighted by molar-refractivity contribution is 6.04. The zero-order valence-electron chi connectivity index (χ0n) is 33.9. The summed E-state index contributed by atoms with van der Waals surface area (Å²) in [4.78, 5) is 4.66. The van der Waals surface area contributed by atoms with Gasteiger partial charge in [0.05, 0.1) is 22.7 Å². The minimum Gasteiger partial charge on any atom is -0.453 e. The van der Waals surface area contributed by atoms with Crippen molar-refractivity contribution < 1.29 is 9.47 Å². The molecule has 0 radical (unpaired) electrons. The van der Waals surface area contributed by atoms with Crippen molar-refractivity contribution in [3.8, 4) is 45.3 Å². The van der Waals surface area contributed by atoms with Gasteiger partial charge in [-0.15, -0.1) is 0 Å². The lowest BCUT2D eigenvalue weighted by Gasteiger charge is -2.33. The summed E-state index contributed by atoms with van der Waals surface area (Å²) in [7, 11) is 0. The van der Waals surface area contributed by atoms with Gasteiger partial charge in [0.15, 0.2) is 23.0 Å². The monoisotopic (exact) mass is 772 g/mol. The lowest BCUT2D eigenvalue weighted by atomic mass is 9.76. The third kappa shape index (κ3) is 4.40. The summed E-state index contributed by atoms with van der Waals surface area (Å²) >= 11 is 0. The smallest absolute Gasteiger partial charge is 0.151 e. The fraction of sp³-hybridized carbons (Fsp3) is 0.107. The minimum absolute atomic E-state index is 0.189. The van der Waals surface area contributed by atoms with Crippen LogP contribution >= 0.6 is 0 Å². The summed E-state index contributed by atoms with van der Waals surface area (Å²) in [6.45, 7) is 9.67. The molecule has 0 atom stereocenters. The molecule has 9 aromatic rings. The molecule has 0 spiro atoms. The Bertz CT molecular complexity index is 3050. The molecule has 2 heterocycles. The highest BCUT2D eigenvalue weighted by Crippen LogP contribution is 2.59. The van der Waals surface area contributed by atoms with Gasteiger partial charge in [-0.3, -0.25) is 0 Å². The standard InChI is InChI=1S/C56H40N2O2/c1-55(2)43-32-44-42(31-41(43)39-25-21-33-29-35(23-27-37(33)53(39)55)57-45-13-5-9-17-49(45)59-50-18-10-6-14-46(50)57)40-26-22-34-30-36(24-28-38(34)54(40)56(44,3)4)58-47-15-7-11-19-51(47)60-52-20-12-8-16-48(52)58/h5-32H,1-4H3. The maximum atomic E-state index is 6.33. The molecule has 2 aliphatic carbocycles. The normalized spacial score (nSPS) is 15.5. The van der Waals surface area contributed by atoms with Crippen LogP contribution in [0.15, 0.2) is 170 Å². The van der Waals surface area contributed by atoms with E-state index in [-0.39, 0.29) is 10.8 Å². The lowest BCUT2D eigenvalue weighted by molar-refractivity contribution is 0.477. The third-order valence-electron chi connectivity index (χ3n) is 13.7. The highest BCUT2D eigenvalue weighted by atomic mass is 16.5. The zero-order chi connectivity index (χ0) is 40.1. The summed E-state index contributed by atoms with van der Waals surface area (Å²) in [5, 5.41) is 5.09. The van der Waals surface area contributed by atoms with E-state index in [2.05, 4.69) is 159 Å². The van der Waals surface area contributed by atoms with E-state index in [0.717, 1.165) is 57.1 Å². The molecule has 0 unspecified atom stereocenters. The Labute approximate surface area is 349 Å². The molecule has 4 aliphatic rings. The average Bonchev–Trinajstić information content (AvgIpc) is 3.65. The molecule has 2 aliphatic heterocycles. The van der Waals surface area contributed by atoms with Crippen LogP contribution in [0.5, 0.6) is 23.0 Å². The van der Waals surface area contributed by atoms with Crippen LogP contribution in [0.25, 0.3) is 43.8 Å². The summed E-state index contributed by atoms with van der Waals surface area (Å²) in [5.41, 5.74) is 17.0. The van der Waals surface area contributed by atoms with Crippen molar-refractivity contribution in [2.75, 3.05) is 9.80 Å². The predicted octanol–water partition coefficient (Wildman–Crippen LogP) is 15.8. The second-order valence-electron chi connectivity index (χ2n) is 17.7. The lowest BCUT2D eigenvalue weighted by Crippen LogP contribution is -2.19. The van der Waals surface area contributed by atoms with E-state index >= 15 is 0 Å². The second kappa shape index (κ2) is 11.7. The van der Waals surface area contributed by atoms with Gasteiger partial charge in [0.1, 0.15) is 0 Å². The van der Waals surface area contributed by atoms with Crippen LogP contribution in [0.1, 0.15) is 49.9 Å². The molecule has 286 valence electrons. The Morgan fingerprint density at radius 2 is 0.717 bits per heavy atom. The minimum atomic E-state index is -0.189. The molecule has 60 heavy (non-hydrogen) atoms. The number of nitrogens with zero attached hydrogens (tertiary/aromatic N) is 2. The van der Waals surface area contributed by atoms with Crippen LogP contribution in [0.3, 0.4) is 0 Å². The van der Waals surface area contributed by atoms with E-state index in [1.165, 1.54) is 66.1 Å². The summed E-state index contributed by atoms with van der Waals surface area (Å²) in [6, 6.07) is 61.6. The van der Waals surface area contributed by atoms with Crippen molar-refractivity contribution >= 4 is 55.7 Å². The third-order valence-corrected chi connectivity index (χ3v) is 13.7. The predicted molar refractivity (Wildman–Crippen MR) is 246 cm³/mol. The molecule has 0 saturated heterocycles. The van der Waals surface area contributed by atoms with E-state index in [1.54, 1.807) is 0 Å². The Kier molecular flexibility index (Phi) is 6.55. The maximum absolute atomic E-state index is 6.33. The number of hydrogen-bond acceptors (Lipinski definition) is 4. The van der Waals surface area contributed by atoms with E-state index in [4.69, 9.17) is 9.47 Å². The van der Waals surface area contributed by atoms with Crippen LogP contribution in [-0.2, 0) is 10.8 Å². The van der Waals surface area contributed by atoms with E-state index < -0.39 is 0 Å². The topological polar surface area (TPSA) is 24.9 Å². The molecule has 0 bridgehead atoms. The van der Waals surface area contributed by atoms with Crippen LogP contribution in [-0.4, -0.2) is 0 Å². The molecule has 0 amide bonds. The SMILES string of the molecule is CC1(C)c2cc3c(cc2-c2ccc4cc(N5c6ccccc6Oc6ccccc65)ccc4c21)-c1ccc2cc(N4c5ccccc5Oc5ccccc54)ccc2c1C3(C)C. The van der Waals surface area contributed by atoms with Crippen molar-refractivity contribution in [1.82, 2.24) is 0 Å². The van der Waals surface area contributed by atoms with Gasteiger partial charge in [-0.2, -0.15) is 0 Å². The van der Waals surface area contributed by atoms with Crippen molar-refractivity contribution in [2.45, 2.75) is 38.5 Å². The highest BCUT2D eigenvalue weighted by Gasteiger charge is 2.43. The Morgan fingerprint density at radius 3 is 1.10 bits per heavy atom. The van der Waals surface area contributed by atoms with Crippen molar-refractivity contribution in [1.29, 1.82) is 0 Å². The summed E-state index contributed by atoms with van der Waals surface area (Å²) in [6.07, 6.45) is 0. The number of anilines is 6. The maximum Gasteiger partial charge on any atom is 0.151 e. The fourth-order valence-corrected chi connectivity index (χ4v) is 11.0. The molecule has 0 N–H and O–H groups in total. The molecule has 0 fully saturated rings. The van der Waals surface area contributed by atoms with Crippen LogP contribution in [0, 0.1) is 0 Å². The zero-order valence-corrected chi connectivity index (χ0v) is 33.9. The molecular weight excluding hydrogens is 733 g/mol.